The molecule has 0 bridgehead atoms. The van der Waals surface area contributed by atoms with E-state index in [2.05, 4.69) is 10.6 Å². The highest BCUT2D eigenvalue weighted by atomic mass is 32.2. The molecule has 1 saturated heterocycles. The van der Waals surface area contributed by atoms with Crippen LogP contribution in [-0.4, -0.2) is 95.7 Å². The number of halogens is 3. The van der Waals surface area contributed by atoms with Crippen molar-refractivity contribution in [2.75, 3.05) is 6.54 Å². The Balaban J connectivity index is 1.39. The third-order valence-electron chi connectivity index (χ3n) is 9.34. The molecule has 5 amide bonds. The van der Waals surface area contributed by atoms with Gasteiger partial charge in [-0.2, -0.15) is 0 Å². The Morgan fingerprint density at radius 1 is 1.02 bits per heavy atom. The lowest BCUT2D eigenvalue weighted by molar-refractivity contribution is -0.143. The number of likely N-dealkylation sites (tertiary alicyclic amines) is 1. The summed E-state index contributed by atoms with van der Waals surface area (Å²) in [5.41, 5.74) is -3.26. The maximum atomic E-state index is 14.4. The summed E-state index contributed by atoms with van der Waals surface area (Å²) in [6.45, 7) is 9.42. The number of hydrogen-bond acceptors (Lipinski definition) is 9. The molecule has 3 N–H and O–H groups in total. The lowest BCUT2D eigenvalue weighted by atomic mass is 9.85. The number of amides is 5. The summed E-state index contributed by atoms with van der Waals surface area (Å²) < 4.78 is 80.2. The van der Waals surface area contributed by atoms with E-state index in [0.29, 0.717) is 24.0 Å². The van der Waals surface area contributed by atoms with Gasteiger partial charge in [-0.25, -0.2) is 31.2 Å². The molecule has 2 aliphatic carbocycles. The Kier molecular flexibility index (Phi) is 10.1. The van der Waals surface area contributed by atoms with Crippen molar-refractivity contribution < 1.29 is 55.0 Å². The third-order valence-corrected chi connectivity index (χ3v) is 11.2. The van der Waals surface area contributed by atoms with Gasteiger partial charge >= 0.3 is 12.2 Å². The quantitative estimate of drug-likeness (QED) is 0.343. The summed E-state index contributed by atoms with van der Waals surface area (Å²) in [4.78, 5) is 69.8. The number of hydrogen-bond donors (Lipinski definition) is 3. The predicted octanol–water partition coefficient (Wildman–Crippen LogP) is 2.94. The number of alkyl carbamates (subject to hydrolysis) is 1. The monoisotopic (exact) mass is 743 g/mol. The second-order valence-corrected chi connectivity index (χ2v) is 17.7. The van der Waals surface area contributed by atoms with Gasteiger partial charge in [0.05, 0.1) is 24.3 Å². The standard InChI is InChI=1S/C33H44F3N5O9S/c1-31(2,3)24(37-29(45)50-32(4,5)6)27(43)41-15-18(49-30(46)40-14-17-8-7-9-22(34)20(17)16-40)12-23(41)26(42)38-33(13-21(33)25(35)36)28(44)39-51(47,48)19-10-11-19/h7-9,18-19,21,23-25H,10-16H2,1-6H3,(H,37,45)(H,38,42)(H,39,44)/t18-,21+,23?,24-,33+/m1/s1. The molecule has 5 atom stereocenters. The molecule has 0 spiro atoms. The van der Waals surface area contributed by atoms with Gasteiger partial charge in [0.15, 0.2) is 0 Å². The lowest BCUT2D eigenvalue weighted by Crippen LogP contribution is -2.60. The fourth-order valence-electron chi connectivity index (χ4n) is 6.38. The minimum Gasteiger partial charge on any atom is -0.444 e. The van der Waals surface area contributed by atoms with Crippen LogP contribution in [0.15, 0.2) is 18.2 Å². The van der Waals surface area contributed by atoms with Crippen LogP contribution < -0.4 is 15.4 Å². The molecule has 5 rings (SSSR count). The molecule has 4 aliphatic rings. The van der Waals surface area contributed by atoms with Crippen molar-refractivity contribution in [3.05, 3.63) is 35.1 Å². The number of carbonyl (C=O) groups is 5. The molecule has 51 heavy (non-hydrogen) atoms. The van der Waals surface area contributed by atoms with Crippen molar-refractivity contribution in [2.24, 2.45) is 11.3 Å². The van der Waals surface area contributed by atoms with Gasteiger partial charge in [0.25, 0.3) is 5.91 Å². The number of nitrogens with one attached hydrogen (secondary N) is 3. The maximum Gasteiger partial charge on any atom is 0.410 e. The molecule has 0 aromatic heterocycles. The third kappa shape index (κ3) is 8.36. The molecule has 1 aromatic rings. The Morgan fingerprint density at radius 2 is 1.69 bits per heavy atom. The molecule has 0 radical (unpaired) electrons. The molecule has 18 heteroatoms. The summed E-state index contributed by atoms with van der Waals surface area (Å²) in [5.74, 6) is -5.37. The van der Waals surface area contributed by atoms with Gasteiger partial charge in [0, 0.05) is 18.5 Å². The first-order valence-electron chi connectivity index (χ1n) is 16.7. The molecule has 1 aromatic carbocycles. The summed E-state index contributed by atoms with van der Waals surface area (Å²) in [7, 11) is -4.16. The van der Waals surface area contributed by atoms with Crippen LogP contribution in [0, 0.1) is 17.2 Å². The number of alkyl halides is 2. The highest BCUT2D eigenvalue weighted by molar-refractivity contribution is 7.91. The molecular formula is C33H44F3N5O9S. The van der Waals surface area contributed by atoms with E-state index >= 15 is 0 Å². The summed E-state index contributed by atoms with van der Waals surface area (Å²) in [6.07, 6.45) is -6.30. The first kappa shape index (κ1) is 38.1. The maximum absolute atomic E-state index is 14.4. The minimum absolute atomic E-state index is 0.0491. The molecule has 2 aliphatic heterocycles. The van der Waals surface area contributed by atoms with Crippen LogP contribution in [0.3, 0.4) is 0 Å². The second-order valence-electron chi connectivity index (χ2n) is 15.7. The fraction of sp³-hybridized carbons (Fsp3) is 0.667. The molecule has 14 nitrogen and oxygen atoms in total. The number of sulfonamides is 1. The lowest BCUT2D eigenvalue weighted by Gasteiger charge is -2.36. The van der Waals surface area contributed by atoms with Gasteiger partial charge in [0.1, 0.15) is 35.1 Å². The van der Waals surface area contributed by atoms with Crippen LogP contribution in [0.4, 0.5) is 22.8 Å². The number of fused-ring (bicyclic) bond motifs is 1. The molecular weight excluding hydrogens is 699 g/mol. The van der Waals surface area contributed by atoms with Crippen LogP contribution in [-0.2, 0) is 47.0 Å². The first-order chi connectivity index (χ1) is 23.5. The van der Waals surface area contributed by atoms with Crippen molar-refractivity contribution in [3.8, 4) is 0 Å². The van der Waals surface area contributed by atoms with Crippen molar-refractivity contribution in [3.63, 3.8) is 0 Å². The van der Waals surface area contributed by atoms with Gasteiger partial charge in [-0.05, 0) is 57.1 Å². The van der Waals surface area contributed by atoms with E-state index < -0.39 is 105 Å². The number of ether oxygens (including phenoxy) is 2. The largest absolute Gasteiger partial charge is 0.444 e. The fourth-order valence-corrected chi connectivity index (χ4v) is 7.74. The molecule has 3 fully saturated rings. The number of benzene rings is 1. The van der Waals surface area contributed by atoms with Gasteiger partial charge < -0.3 is 25.0 Å². The SMILES string of the molecule is CC(C)(C)OC(=O)N[C@H](C(=O)N1C[C@H](OC(=O)N2Cc3cccc(F)c3C2)CC1C(=O)N[C@@]1(C(=O)NS(=O)(=O)C2CC2)C[C@H]1C(F)F)C(C)(C)C. The van der Waals surface area contributed by atoms with E-state index in [4.69, 9.17) is 9.47 Å². The number of rotatable bonds is 9. The van der Waals surface area contributed by atoms with Crippen LogP contribution in [0.2, 0.25) is 0 Å². The van der Waals surface area contributed by atoms with E-state index in [-0.39, 0.29) is 26.1 Å². The van der Waals surface area contributed by atoms with Gasteiger partial charge in [-0.15, -0.1) is 0 Å². The van der Waals surface area contributed by atoms with Crippen LogP contribution in [0.25, 0.3) is 0 Å². The zero-order valence-electron chi connectivity index (χ0n) is 29.3. The smallest absolute Gasteiger partial charge is 0.410 e. The van der Waals surface area contributed by atoms with Crippen molar-refractivity contribution in [1.82, 2.24) is 25.2 Å². The Morgan fingerprint density at radius 3 is 2.24 bits per heavy atom. The number of nitrogens with zero attached hydrogens (tertiary/aromatic N) is 2. The zero-order chi connectivity index (χ0) is 37.8. The average molecular weight is 744 g/mol. The molecule has 282 valence electrons. The summed E-state index contributed by atoms with van der Waals surface area (Å²) >= 11 is 0. The Hall–Kier alpha value is -4.09. The average Bonchev–Trinajstić information content (AvgIpc) is 3.89. The summed E-state index contributed by atoms with van der Waals surface area (Å²) in [5, 5.41) is 4.01. The molecule has 2 saturated carbocycles. The number of carbonyl (C=O) groups excluding carboxylic acids is 5. The Labute approximate surface area is 294 Å². The summed E-state index contributed by atoms with van der Waals surface area (Å²) in [6, 6.07) is 1.64. The van der Waals surface area contributed by atoms with E-state index in [1.165, 1.54) is 17.0 Å². The van der Waals surface area contributed by atoms with Crippen molar-refractivity contribution in [1.29, 1.82) is 0 Å². The zero-order valence-corrected chi connectivity index (χ0v) is 30.1. The van der Waals surface area contributed by atoms with E-state index in [1.807, 2.05) is 4.72 Å². The topological polar surface area (TPSA) is 181 Å². The van der Waals surface area contributed by atoms with Crippen molar-refractivity contribution >= 4 is 39.9 Å². The minimum atomic E-state index is -4.16. The molecule has 2 heterocycles. The van der Waals surface area contributed by atoms with Crippen LogP contribution in [0.1, 0.15) is 78.4 Å². The van der Waals surface area contributed by atoms with Gasteiger partial charge in [-0.3, -0.25) is 24.0 Å². The van der Waals surface area contributed by atoms with Gasteiger partial charge in [-0.1, -0.05) is 32.9 Å². The van der Waals surface area contributed by atoms with E-state index in [1.54, 1.807) is 47.6 Å². The van der Waals surface area contributed by atoms with E-state index in [0.717, 1.165) is 4.90 Å². The van der Waals surface area contributed by atoms with Gasteiger partial charge in [0.2, 0.25) is 28.3 Å². The van der Waals surface area contributed by atoms with E-state index in [9.17, 15) is 45.6 Å². The normalized spacial score (nSPS) is 25.2. The second kappa shape index (κ2) is 13.5. The van der Waals surface area contributed by atoms with Crippen molar-refractivity contribution in [2.45, 2.75) is 121 Å². The van der Waals surface area contributed by atoms with Crippen LogP contribution >= 0.6 is 0 Å². The Bertz CT molecular complexity index is 1710. The molecule has 1 unspecified atom stereocenters. The highest BCUT2D eigenvalue weighted by Crippen LogP contribution is 2.48. The predicted molar refractivity (Wildman–Crippen MR) is 174 cm³/mol. The first-order valence-corrected chi connectivity index (χ1v) is 18.2. The van der Waals surface area contributed by atoms with Crippen LogP contribution in [0.5, 0.6) is 0 Å². The highest BCUT2D eigenvalue weighted by Gasteiger charge is 2.67.